The Morgan fingerprint density at radius 2 is 2.13 bits per heavy atom. The number of para-hydroxylation sites is 1. The molecule has 0 amide bonds. The Kier molecular flexibility index (Phi) is 5.49. The van der Waals surface area contributed by atoms with Gasteiger partial charge in [-0.2, -0.15) is 0 Å². The van der Waals surface area contributed by atoms with Crippen molar-refractivity contribution in [1.82, 2.24) is 30.1 Å². The molecule has 0 radical (unpaired) electrons. The standard InChI is InChI=1S/C23H32N6O/c1-6-23(4,5)29-21(25-26-27-29)20(28-12-8-9-15(2)14-28)18-13-17-11-7-10-16(3)19(17)24-22(18)30/h7,10-11,13,15,20H,6,8-9,12,14H2,1-5H3,(H,24,30). The molecule has 4 rings (SSSR count). The Hall–Kier alpha value is -2.54. The fourth-order valence-electron chi connectivity index (χ4n) is 4.51. The maximum Gasteiger partial charge on any atom is 0.253 e. The molecule has 3 aromatic rings. The third-order valence-corrected chi connectivity index (χ3v) is 6.64. The summed E-state index contributed by atoms with van der Waals surface area (Å²) in [5, 5.41) is 13.9. The zero-order valence-corrected chi connectivity index (χ0v) is 18.6. The number of likely N-dealkylation sites (tertiary alicyclic amines) is 1. The zero-order valence-electron chi connectivity index (χ0n) is 18.6. The Morgan fingerprint density at radius 3 is 2.87 bits per heavy atom. The first-order chi connectivity index (χ1) is 14.3. The first-order valence-corrected chi connectivity index (χ1v) is 11.0. The van der Waals surface area contributed by atoms with Crippen molar-refractivity contribution in [2.45, 2.75) is 65.5 Å². The molecule has 7 nitrogen and oxygen atoms in total. The van der Waals surface area contributed by atoms with Gasteiger partial charge in [0, 0.05) is 12.1 Å². The zero-order chi connectivity index (χ0) is 21.5. The number of aromatic nitrogens is 5. The van der Waals surface area contributed by atoms with Crippen LogP contribution in [-0.2, 0) is 5.54 Å². The minimum Gasteiger partial charge on any atom is -0.321 e. The number of nitrogens with zero attached hydrogens (tertiary/aromatic N) is 5. The molecule has 30 heavy (non-hydrogen) atoms. The number of aromatic amines is 1. The molecule has 1 aromatic carbocycles. The van der Waals surface area contributed by atoms with Gasteiger partial charge in [0.15, 0.2) is 5.82 Å². The molecule has 2 aromatic heterocycles. The van der Waals surface area contributed by atoms with Crippen LogP contribution in [0.4, 0.5) is 0 Å². The highest BCUT2D eigenvalue weighted by Gasteiger charge is 2.35. The lowest BCUT2D eigenvalue weighted by Gasteiger charge is -2.37. The SMILES string of the molecule is CCC(C)(C)n1nnnc1C(c1cc2cccc(C)c2[nH]c1=O)N1CCCC(C)C1. The summed E-state index contributed by atoms with van der Waals surface area (Å²) in [5.41, 5.74) is 2.37. The van der Waals surface area contributed by atoms with E-state index in [1.165, 1.54) is 6.42 Å². The number of hydrogen-bond donors (Lipinski definition) is 1. The van der Waals surface area contributed by atoms with Crippen LogP contribution in [0, 0.1) is 12.8 Å². The van der Waals surface area contributed by atoms with Gasteiger partial charge in [-0.15, -0.1) is 5.10 Å². The van der Waals surface area contributed by atoms with E-state index >= 15 is 0 Å². The van der Waals surface area contributed by atoms with Gasteiger partial charge in [-0.25, -0.2) is 4.68 Å². The van der Waals surface area contributed by atoms with Gasteiger partial charge < -0.3 is 4.98 Å². The second-order valence-corrected chi connectivity index (χ2v) is 9.35. The molecule has 3 heterocycles. The van der Waals surface area contributed by atoms with E-state index in [1.807, 2.05) is 29.8 Å². The van der Waals surface area contributed by atoms with Crippen molar-refractivity contribution >= 4 is 10.9 Å². The highest BCUT2D eigenvalue weighted by atomic mass is 16.1. The lowest BCUT2D eigenvalue weighted by molar-refractivity contribution is 0.135. The number of rotatable bonds is 5. The Morgan fingerprint density at radius 1 is 1.33 bits per heavy atom. The first-order valence-electron chi connectivity index (χ1n) is 11.0. The quantitative estimate of drug-likeness (QED) is 0.695. The van der Waals surface area contributed by atoms with Gasteiger partial charge in [-0.05, 0) is 79.9 Å². The molecular formula is C23H32N6O. The Labute approximate surface area is 177 Å². The van der Waals surface area contributed by atoms with Crippen LogP contribution in [0.3, 0.4) is 0 Å². The summed E-state index contributed by atoms with van der Waals surface area (Å²) in [4.78, 5) is 18.8. The van der Waals surface area contributed by atoms with E-state index in [2.05, 4.69) is 59.2 Å². The van der Waals surface area contributed by atoms with Gasteiger partial charge in [0.2, 0.25) is 0 Å². The van der Waals surface area contributed by atoms with E-state index in [0.717, 1.165) is 48.2 Å². The molecule has 1 aliphatic heterocycles. The molecule has 0 saturated carbocycles. The van der Waals surface area contributed by atoms with E-state index in [-0.39, 0.29) is 17.1 Å². The molecule has 2 unspecified atom stereocenters. The minimum absolute atomic E-state index is 0.0659. The number of piperidine rings is 1. The van der Waals surface area contributed by atoms with Gasteiger partial charge >= 0.3 is 0 Å². The van der Waals surface area contributed by atoms with Crippen LogP contribution in [0.5, 0.6) is 0 Å². The Balaban J connectivity index is 1.92. The molecule has 1 N–H and O–H groups in total. The summed E-state index contributed by atoms with van der Waals surface area (Å²) in [6.45, 7) is 12.6. The number of nitrogens with one attached hydrogen (secondary N) is 1. The van der Waals surface area contributed by atoms with E-state index in [4.69, 9.17) is 0 Å². The average Bonchev–Trinajstić information content (AvgIpc) is 3.20. The average molecular weight is 409 g/mol. The maximum atomic E-state index is 13.3. The lowest BCUT2D eigenvalue weighted by atomic mass is 9.94. The van der Waals surface area contributed by atoms with Crippen LogP contribution < -0.4 is 5.56 Å². The second kappa shape index (κ2) is 7.95. The topological polar surface area (TPSA) is 79.7 Å². The molecule has 2 atom stereocenters. The number of benzene rings is 1. The Bertz CT molecular complexity index is 1100. The van der Waals surface area contributed by atoms with Gasteiger partial charge in [0.1, 0.15) is 6.04 Å². The molecule has 160 valence electrons. The van der Waals surface area contributed by atoms with Crippen molar-refractivity contribution in [2.24, 2.45) is 5.92 Å². The normalized spacial score (nSPS) is 19.3. The minimum atomic E-state index is -0.276. The van der Waals surface area contributed by atoms with Gasteiger partial charge in [-0.3, -0.25) is 9.69 Å². The highest BCUT2D eigenvalue weighted by Crippen LogP contribution is 2.33. The molecule has 7 heteroatoms. The van der Waals surface area contributed by atoms with Crippen molar-refractivity contribution < 1.29 is 0 Å². The number of aryl methyl sites for hydroxylation is 1. The third-order valence-electron chi connectivity index (χ3n) is 6.64. The maximum absolute atomic E-state index is 13.3. The summed E-state index contributed by atoms with van der Waals surface area (Å²) in [5.74, 6) is 1.32. The van der Waals surface area contributed by atoms with Crippen molar-refractivity contribution in [3.63, 3.8) is 0 Å². The van der Waals surface area contributed by atoms with E-state index < -0.39 is 0 Å². The van der Waals surface area contributed by atoms with E-state index in [9.17, 15) is 4.79 Å². The van der Waals surface area contributed by atoms with Gasteiger partial charge in [0.05, 0.1) is 11.1 Å². The molecule has 1 fully saturated rings. The predicted molar refractivity (Wildman–Crippen MR) is 119 cm³/mol. The molecule has 1 aliphatic rings. The smallest absolute Gasteiger partial charge is 0.253 e. The molecule has 0 spiro atoms. The molecule has 0 bridgehead atoms. The van der Waals surface area contributed by atoms with Crippen LogP contribution >= 0.6 is 0 Å². The van der Waals surface area contributed by atoms with E-state index in [1.54, 1.807) is 0 Å². The highest BCUT2D eigenvalue weighted by molar-refractivity contribution is 5.82. The van der Waals surface area contributed by atoms with Gasteiger partial charge in [0.25, 0.3) is 5.56 Å². The number of tetrazole rings is 1. The summed E-state index contributed by atoms with van der Waals surface area (Å²) >= 11 is 0. The number of H-pyrrole nitrogens is 1. The van der Waals surface area contributed by atoms with Crippen LogP contribution in [-0.4, -0.2) is 43.2 Å². The van der Waals surface area contributed by atoms with Crippen LogP contribution in [0.15, 0.2) is 29.1 Å². The first kappa shape index (κ1) is 20.7. The van der Waals surface area contributed by atoms with Crippen LogP contribution in [0.1, 0.15) is 70.0 Å². The van der Waals surface area contributed by atoms with Crippen molar-refractivity contribution in [3.05, 3.63) is 51.6 Å². The van der Waals surface area contributed by atoms with E-state index in [0.29, 0.717) is 11.5 Å². The predicted octanol–water partition coefficient (Wildman–Crippen LogP) is 3.79. The third kappa shape index (κ3) is 3.67. The summed E-state index contributed by atoms with van der Waals surface area (Å²) in [6.07, 6.45) is 3.21. The fraction of sp³-hybridized carbons (Fsp3) is 0.565. The number of fused-ring (bicyclic) bond motifs is 1. The van der Waals surface area contributed by atoms with Gasteiger partial charge in [-0.1, -0.05) is 32.0 Å². The van der Waals surface area contributed by atoms with Crippen molar-refractivity contribution in [2.75, 3.05) is 13.1 Å². The number of hydrogen-bond acceptors (Lipinski definition) is 5. The summed E-state index contributed by atoms with van der Waals surface area (Å²) in [6, 6.07) is 7.86. The monoisotopic (exact) mass is 408 g/mol. The summed E-state index contributed by atoms with van der Waals surface area (Å²) < 4.78 is 1.91. The molecular weight excluding hydrogens is 376 g/mol. The summed E-state index contributed by atoms with van der Waals surface area (Å²) in [7, 11) is 0. The second-order valence-electron chi connectivity index (χ2n) is 9.35. The van der Waals surface area contributed by atoms with Crippen LogP contribution in [0.25, 0.3) is 10.9 Å². The molecule has 1 saturated heterocycles. The molecule has 0 aliphatic carbocycles. The number of pyridine rings is 1. The fourth-order valence-corrected chi connectivity index (χ4v) is 4.51. The van der Waals surface area contributed by atoms with Crippen molar-refractivity contribution in [3.8, 4) is 0 Å². The largest absolute Gasteiger partial charge is 0.321 e. The lowest BCUT2D eigenvalue weighted by Crippen LogP contribution is -2.42. The van der Waals surface area contributed by atoms with Crippen LogP contribution in [0.2, 0.25) is 0 Å². The van der Waals surface area contributed by atoms with Crippen molar-refractivity contribution in [1.29, 1.82) is 0 Å².